The van der Waals surface area contributed by atoms with Crippen molar-refractivity contribution in [2.24, 2.45) is 0 Å². The van der Waals surface area contributed by atoms with Crippen LogP contribution in [-0.4, -0.2) is 35.9 Å². The first kappa shape index (κ1) is 16.5. The van der Waals surface area contributed by atoms with Crippen molar-refractivity contribution in [2.45, 2.75) is 38.6 Å². The molecule has 120 valence electrons. The van der Waals surface area contributed by atoms with Crippen molar-refractivity contribution in [1.82, 2.24) is 15.6 Å². The molecule has 1 heterocycles. The van der Waals surface area contributed by atoms with Crippen molar-refractivity contribution in [3.8, 4) is 0 Å². The largest absolute Gasteiger partial charge is 0.360 e. The monoisotopic (exact) mass is 324 g/mol. The van der Waals surface area contributed by atoms with Gasteiger partial charge in [-0.25, -0.2) is 4.98 Å². The molecular weight excluding hydrogens is 304 g/mol. The first-order chi connectivity index (χ1) is 10.6. The van der Waals surface area contributed by atoms with Gasteiger partial charge in [0.05, 0.1) is 17.1 Å². The number of nitrogens with one attached hydrogen (secondary N) is 3. The van der Waals surface area contributed by atoms with Crippen LogP contribution < -0.4 is 16.0 Å². The molecule has 2 rings (SSSR count). The Kier molecular flexibility index (Phi) is 6.00. The lowest BCUT2D eigenvalue weighted by atomic mass is 10.2. The van der Waals surface area contributed by atoms with Crippen LogP contribution in [0.25, 0.3) is 0 Å². The van der Waals surface area contributed by atoms with Gasteiger partial charge >= 0.3 is 0 Å². The molecule has 0 saturated heterocycles. The molecule has 0 aromatic carbocycles. The minimum absolute atomic E-state index is 0.0914. The van der Waals surface area contributed by atoms with E-state index in [0.717, 1.165) is 25.7 Å². The highest BCUT2D eigenvalue weighted by molar-refractivity contribution is 6.33. The summed E-state index contributed by atoms with van der Waals surface area (Å²) in [5, 5.41) is 8.83. The molecule has 0 unspecified atom stereocenters. The van der Waals surface area contributed by atoms with E-state index in [2.05, 4.69) is 20.9 Å². The number of pyridine rings is 1. The van der Waals surface area contributed by atoms with Crippen molar-refractivity contribution in [3.05, 3.63) is 22.8 Å². The third-order valence-electron chi connectivity index (χ3n) is 3.58. The zero-order valence-electron chi connectivity index (χ0n) is 12.6. The summed E-state index contributed by atoms with van der Waals surface area (Å²) in [6, 6.07) is 1.82. The lowest BCUT2D eigenvalue weighted by Gasteiger charge is -2.13. The van der Waals surface area contributed by atoms with E-state index in [1.165, 1.54) is 6.20 Å². The number of carbonyl (C=O) groups excluding carboxylic acids is 2. The number of hydrogen-bond acceptors (Lipinski definition) is 4. The molecule has 0 atom stereocenters. The molecule has 2 amide bonds. The summed E-state index contributed by atoms with van der Waals surface area (Å²) < 4.78 is 0. The first-order valence-corrected chi connectivity index (χ1v) is 7.95. The van der Waals surface area contributed by atoms with Crippen molar-refractivity contribution >= 4 is 29.2 Å². The third-order valence-corrected chi connectivity index (χ3v) is 3.87. The quantitative estimate of drug-likeness (QED) is 0.747. The van der Waals surface area contributed by atoms with E-state index < -0.39 is 0 Å². The molecule has 0 bridgehead atoms. The molecular formula is C15H21ClN4O2. The van der Waals surface area contributed by atoms with Crippen LogP contribution in [0.5, 0.6) is 0 Å². The summed E-state index contributed by atoms with van der Waals surface area (Å²) >= 11 is 6.11. The van der Waals surface area contributed by atoms with E-state index in [9.17, 15) is 9.59 Å². The van der Waals surface area contributed by atoms with Crippen molar-refractivity contribution in [2.75, 3.05) is 18.4 Å². The van der Waals surface area contributed by atoms with Gasteiger partial charge in [-0.3, -0.25) is 9.59 Å². The molecule has 1 aromatic rings. The van der Waals surface area contributed by atoms with Gasteiger partial charge in [0.25, 0.3) is 5.91 Å². The van der Waals surface area contributed by atoms with Gasteiger partial charge < -0.3 is 16.0 Å². The van der Waals surface area contributed by atoms with Crippen LogP contribution in [0, 0.1) is 0 Å². The van der Waals surface area contributed by atoms with Gasteiger partial charge in [0.15, 0.2) is 0 Å². The highest BCUT2D eigenvalue weighted by Gasteiger charge is 2.18. The second-order valence-corrected chi connectivity index (χ2v) is 5.72. The number of halogens is 1. The Morgan fingerprint density at radius 3 is 2.73 bits per heavy atom. The summed E-state index contributed by atoms with van der Waals surface area (Å²) in [5.41, 5.74) is 0.431. The molecule has 1 fully saturated rings. The molecule has 0 aliphatic heterocycles. The number of likely N-dealkylation sites (N-methyl/N-ethyl adjacent to an activating group) is 1. The maximum Gasteiger partial charge on any atom is 0.253 e. The molecule has 1 aliphatic rings. The predicted octanol–water partition coefficient (Wildman–Crippen LogP) is 1.96. The summed E-state index contributed by atoms with van der Waals surface area (Å²) in [6.45, 7) is 2.51. The van der Waals surface area contributed by atoms with E-state index in [0.29, 0.717) is 22.9 Å². The third kappa shape index (κ3) is 4.59. The Morgan fingerprint density at radius 1 is 1.36 bits per heavy atom. The van der Waals surface area contributed by atoms with E-state index in [4.69, 9.17) is 11.6 Å². The molecule has 1 aromatic heterocycles. The first-order valence-electron chi connectivity index (χ1n) is 7.57. The van der Waals surface area contributed by atoms with Gasteiger partial charge in [-0.05, 0) is 25.8 Å². The van der Waals surface area contributed by atoms with Crippen LogP contribution in [0.3, 0.4) is 0 Å². The number of rotatable bonds is 6. The van der Waals surface area contributed by atoms with E-state index in [-0.39, 0.29) is 24.4 Å². The maximum absolute atomic E-state index is 12.1. The zero-order chi connectivity index (χ0) is 15.9. The van der Waals surface area contributed by atoms with Gasteiger partial charge in [0, 0.05) is 18.8 Å². The molecule has 0 radical (unpaired) electrons. The summed E-state index contributed by atoms with van der Waals surface area (Å²) in [5.74, 6) is 0.102. The van der Waals surface area contributed by atoms with E-state index >= 15 is 0 Å². The Bertz CT molecular complexity index is 544. The molecule has 0 spiro atoms. The second kappa shape index (κ2) is 7.98. The minimum Gasteiger partial charge on any atom is -0.360 e. The predicted molar refractivity (Wildman–Crippen MR) is 86.1 cm³/mol. The Labute approximate surface area is 135 Å². The molecule has 1 saturated carbocycles. The fraction of sp³-hybridized carbons (Fsp3) is 0.533. The smallest absolute Gasteiger partial charge is 0.253 e. The summed E-state index contributed by atoms with van der Waals surface area (Å²) in [4.78, 5) is 27.6. The number of nitrogens with zero attached hydrogens (tertiary/aromatic N) is 1. The highest BCUT2D eigenvalue weighted by Crippen LogP contribution is 2.21. The normalized spacial score (nSPS) is 14.6. The number of amides is 2. The Hall–Kier alpha value is -1.82. The fourth-order valence-corrected chi connectivity index (χ4v) is 2.69. The van der Waals surface area contributed by atoms with Gasteiger partial charge in [0.2, 0.25) is 5.91 Å². The second-order valence-electron chi connectivity index (χ2n) is 5.32. The molecule has 6 nitrogen and oxygen atoms in total. The molecule has 22 heavy (non-hydrogen) atoms. The van der Waals surface area contributed by atoms with E-state index in [1.807, 2.05) is 6.92 Å². The lowest BCUT2D eigenvalue weighted by molar-refractivity contribution is -0.119. The molecule has 7 heteroatoms. The fourth-order valence-electron chi connectivity index (χ4n) is 2.45. The maximum atomic E-state index is 12.1. The van der Waals surface area contributed by atoms with Crippen LogP contribution in [0.4, 0.5) is 5.82 Å². The molecule has 3 N–H and O–H groups in total. The Morgan fingerprint density at radius 2 is 2.09 bits per heavy atom. The minimum atomic E-state index is -0.156. The summed E-state index contributed by atoms with van der Waals surface area (Å²) in [7, 11) is 0. The SMILES string of the molecule is CCNC(=O)CNc1ncc(C(=O)NC2CCCC2)cc1Cl. The topological polar surface area (TPSA) is 83.1 Å². The average molecular weight is 325 g/mol. The number of hydrogen-bond donors (Lipinski definition) is 3. The number of carbonyl (C=O) groups is 2. The van der Waals surface area contributed by atoms with Gasteiger partial charge in [-0.15, -0.1) is 0 Å². The van der Waals surface area contributed by atoms with Gasteiger partial charge in [0.1, 0.15) is 5.82 Å². The standard InChI is InChI=1S/C15H21ClN4O2/c1-2-17-13(21)9-19-14-12(16)7-10(8-18-14)15(22)20-11-5-3-4-6-11/h7-8,11H,2-6,9H2,1H3,(H,17,21)(H,18,19)(H,20,22). The van der Waals surface area contributed by atoms with Gasteiger partial charge in [-0.1, -0.05) is 24.4 Å². The van der Waals surface area contributed by atoms with Crippen LogP contribution >= 0.6 is 11.6 Å². The lowest BCUT2D eigenvalue weighted by Crippen LogP contribution is -2.32. The number of aromatic nitrogens is 1. The van der Waals surface area contributed by atoms with Crippen LogP contribution in [0.1, 0.15) is 43.0 Å². The highest BCUT2D eigenvalue weighted by atomic mass is 35.5. The van der Waals surface area contributed by atoms with Crippen molar-refractivity contribution < 1.29 is 9.59 Å². The number of anilines is 1. The van der Waals surface area contributed by atoms with Crippen LogP contribution in [0.15, 0.2) is 12.3 Å². The van der Waals surface area contributed by atoms with Crippen molar-refractivity contribution in [1.29, 1.82) is 0 Å². The van der Waals surface area contributed by atoms with E-state index in [1.54, 1.807) is 6.07 Å². The zero-order valence-corrected chi connectivity index (χ0v) is 13.4. The van der Waals surface area contributed by atoms with Crippen molar-refractivity contribution in [3.63, 3.8) is 0 Å². The molecule has 1 aliphatic carbocycles. The average Bonchev–Trinajstić information content (AvgIpc) is 2.99. The van der Waals surface area contributed by atoms with Crippen LogP contribution in [0.2, 0.25) is 5.02 Å². The van der Waals surface area contributed by atoms with Crippen LogP contribution in [-0.2, 0) is 4.79 Å². The Balaban J connectivity index is 1.93. The summed E-state index contributed by atoms with van der Waals surface area (Å²) in [6.07, 6.45) is 5.84. The van der Waals surface area contributed by atoms with Gasteiger partial charge in [-0.2, -0.15) is 0 Å².